The number of ether oxygens (including phenoxy) is 1. The lowest BCUT2D eigenvalue weighted by molar-refractivity contribution is 0.00578. The molecule has 0 bridgehead atoms. The van der Waals surface area contributed by atoms with Gasteiger partial charge in [-0.1, -0.05) is 18.2 Å². The summed E-state index contributed by atoms with van der Waals surface area (Å²) in [5.74, 6) is -0.385. The largest absolute Gasteiger partial charge is 0.497 e. The van der Waals surface area contributed by atoms with E-state index < -0.39 is 18.3 Å². The highest BCUT2D eigenvalue weighted by Crippen LogP contribution is 2.37. The van der Waals surface area contributed by atoms with Crippen LogP contribution in [-0.4, -0.2) is 31.4 Å². The molecule has 1 fully saturated rings. The molecule has 0 spiro atoms. The van der Waals surface area contributed by atoms with Gasteiger partial charge in [-0.2, -0.15) is 10.2 Å². The van der Waals surface area contributed by atoms with E-state index in [2.05, 4.69) is 10.2 Å². The van der Waals surface area contributed by atoms with Crippen molar-refractivity contribution in [2.45, 2.75) is 38.9 Å². The number of rotatable bonds is 4. The van der Waals surface area contributed by atoms with Crippen LogP contribution in [-0.2, 0) is 14.0 Å². The molecule has 0 N–H and O–H groups in total. The Morgan fingerprint density at radius 1 is 0.926 bits per heavy atom. The molecule has 0 atom stereocenters. The zero-order valence-electron chi connectivity index (χ0n) is 16.2. The first-order chi connectivity index (χ1) is 12.7. The van der Waals surface area contributed by atoms with E-state index >= 15 is 0 Å². The van der Waals surface area contributed by atoms with Crippen LogP contribution in [0.1, 0.15) is 38.1 Å². The Balaban J connectivity index is 1.83. The maximum absolute atomic E-state index is 11.5. The zero-order chi connectivity index (χ0) is 19.7. The summed E-state index contributed by atoms with van der Waals surface area (Å²) >= 11 is 0. The maximum Gasteiger partial charge on any atom is 0.497 e. The van der Waals surface area contributed by atoms with Crippen molar-refractivity contribution in [1.82, 2.24) is 0 Å². The van der Waals surface area contributed by atoms with Gasteiger partial charge < -0.3 is 14.0 Å². The molecule has 0 aromatic heterocycles. The highest BCUT2D eigenvalue weighted by atomic mass is 16.7. The quantitative estimate of drug-likeness (QED) is 0.462. The molecule has 0 amide bonds. The summed E-state index contributed by atoms with van der Waals surface area (Å²) in [5, 5.41) is 8.63. The van der Waals surface area contributed by atoms with E-state index in [1.165, 1.54) is 7.11 Å². The minimum Gasteiger partial charge on any atom is -0.465 e. The number of hydrogen-bond donors (Lipinski definition) is 0. The summed E-state index contributed by atoms with van der Waals surface area (Å²) in [4.78, 5) is 11.5. The van der Waals surface area contributed by atoms with Crippen LogP contribution in [0, 0.1) is 0 Å². The number of benzene rings is 2. The van der Waals surface area contributed by atoms with Crippen LogP contribution in [0.5, 0.6) is 0 Å². The lowest BCUT2D eigenvalue weighted by Gasteiger charge is -2.32. The second-order valence-corrected chi connectivity index (χ2v) is 7.39. The Hall–Kier alpha value is -2.51. The van der Waals surface area contributed by atoms with Crippen molar-refractivity contribution >= 4 is 29.9 Å². The molecule has 1 aliphatic rings. The van der Waals surface area contributed by atoms with Gasteiger partial charge in [0.2, 0.25) is 0 Å². The first kappa shape index (κ1) is 19.3. The highest BCUT2D eigenvalue weighted by molar-refractivity contribution is 6.63. The van der Waals surface area contributed by atoms with Crippen LogP contribution >= 0.6 is 0 Å². The molecule has 3 rings (SSSR count). The molecule has 1 aliphatic heterocycles. The summed E-state index contributed by atoms with van der Waals surface area (Å²) < 4.78 is 16.9. The fourth-order valence-corrected chi connectivity index (χ4v) is 2.64. The Kier molecular flexibility index (Phi) is 5.17. The van der Waals surface area contributed by atoms with Crippen LogP contribution in [0.3, 0.4) is 0 Å². The van der Waals surface area contributed by atoms with Gasteiger partial charge in [0.15, 0.2) is 0 Å². The van der Waals surface area contributed by atoms with E-state index in [9.17, 15) is 4.79 Å². The third kappa shape index (κ3) is 3.94. The molecule has 2 aromatic rings. The molecule has 1 heterocycles. The lowest BCUT2D eigenvalue weighted by Crippen LogP contribution is -2.41. The van der Waals surface area contributed by atoms with Crippen LogP contribution in [0.15, 0.2) is 58.8 Å². The standard InChI is InChI=1S/C20H23BN2O4/c1-19(2)20(3,4)27-21(26-19)16-8-6-7-9-17(16)23-22-15-12-10-14(11-13-15)18(24)25-5/h6-13H,1-5H3. The van der Waals surface area contributed by atoms with Gasteiger partial charge in [0.25, 0.3) is 0 Å². The number of carbonyl (C=O) groups excluding carboxylic acids is 1. The molecule has 2 aromatic carbocycles. The Morgan fingerprint density at radius 3 is 2.11 bits per heavy atom. The van der Waals surface area contributed by atoms with Gasteiger partial charge in [-0.05, 0) is 58.0 Å². The predicted molar refractivity (Wildman–Crippen MR) is 104 cm³/mol. The van der Waals surface area contributed by atoms with E-state index in [-0.39, 0.29) is 5.97 Å². The van der Waals surface area contributed by atoms with Gasteiger partial charge in [0, 0.05) is 5.46 Å². The zero-order valence-corrected chi connectivity index (χ0v) is 16.2. The van der Waals surface area contributed by atoms with E-state index in [1.807, 2.05) is 52.0 Å². The molecule has 7 heteroatoms. The maximum atomic E-state index is 11.5. The average Bonchev–Trinajstić information content (AvgIpc) is 2.87. The summed E-state index contributed by atoms with van der Waals surface area (Å²) in [6.45, 7) is 8.06. The van der Waals surface area contributed by atoms with Crippen molar-refractivity contribution < 1.29 is 18.8 Å². The predicted octanol–water partition coefficient (Wildman–Crippen LogP) is 4.19. The summed E-state index contributed by atoms with van der Waals surface area (Å²) in [5.41, 5.74) is 1.75. The first-order valence-corrected chi connectivity index (χ1v) is 8.78. The minimum absolute atomic E-state index is 0.385. The molecule has 0 radical (unpaired) electrons. The average molecular weight is 366 g/mol. The molecule has 27 heavy (non-hydrogen) atoms. The third-order valence-corrected chi connectivity index (χ3v) is 5.01. The summed E-state index contributed by atoms with van der Waals surface area (Å²) in [6.07, 6.45) is 0. The molecular formula is C20H23BN2O4. The van der Waals surface area contributed by atoms with Crippen LogP contribution in [0.4, 0.5) is 11.4 Å². The number of hydrogen-bond acceptors (Lipinski definition) is 6. The molecular weight excluding hydrogens is 343 g/mol. The fraction of sp³-hybridized carbons (Fsp3) is 0.350. The Bertz CT molecular complexity index is 847. The van der Waals surface area contributed by atoms with Gasteiger partial charge in [-0.25, -0.2) is 4.79 Å². The third-order valence-electron chi connectivity index (χ3n) is 5.01. The van der Waals surface area contributed by atoms with Crippen molar-refractivity contribution in [2.75, 3.05) is 7.11 Å². The van der Waals surface area contributed by atoms with Gasteiger partial charge in [-0.15, -0.1) is 0 Å². The molecule has 6 nitrogen and oxygen atoms in total. The van der Waals surface area contributed by atoms with E-state index in [0.29, 0.717) is 16.9 Å². The van der Waals surface area contributed by atoms with E-state index in [0.717, 1.165) is 5.46 Å². The van der Waals surface area contributed by atoms with Gasteiger partial charge in [0.1, 0.15) is 0 Å². The van der Waals surface area contributed by atoms with Crippen molar-refractivity contribution in [3.8, 4) is 0 Å². The fourth-order valence-electron chi connectivity index (χ4n) is 2.64. The number of azo groups is 1. The first-order valence-electron chi connectivity index (χ1n) is 8.78. The van der Waals surface area contributed by atoms with E-state index in [1.54, 1.807) is 24.3 Å². The second kappa shape index (κ2) is 7.25. The van der Waals surface area contributed by atoms with Crippen LogP contribution in [0.25, 0.3) is 0 Å². The highest BCUT2D eigenvalue weighted by Gasteiger charge is 2.52. The van der Waals surface area contributed by atoms with Crippen molar-refractivity contribution in [1.29, 1.82) is 0 Å². The molecule has 140 valence electrons. The molecule has 0 unspecified atom stereocenters. The van der Waals surface area contributed by atoms with Crippen molar-refractivity contribution in [3.63, 3.8) is 0 Å². The lowest BCUT2D eigenvalue weighted by atomic mass is 9.78. The monoisotopic (exact) mass is 366 g/mol. The Labute approximate surface area is 159 Å². The minimum atomic E-state index is -0.508. The van der Waals surface area contributed by atoms with Gasteiger partial charge in [-0.3, -0.25) is 0 Å². The van der Waals surface area contributed by atoms with Crippen molar-refractivity contribution in [3.05, 3.63) is 54.1 Å². The molecule has 0 aliphatic carbocycles. The number of methoxy groups -OCH3 is 1. The van der Waals surface area contributed by atoms with E-state index in [4.69, 9.17) is 14.0 Å². The smallest absolute Gasteiger partial charge is 0.465 e. The van der Waals surface area contributed by atoms with Gasteiger partial charge >= 0.3 is 13.1 Å². The summed E-state index contributed by atoms with van der Waals surface area (Å²) in [6, 6.07) is 14.3. The SMILES string of the molecule is COC(=O)c1ccc(N=Nc2ccccc2B2OC(C)(C)C(C)(C)O2)cc1. The van der Waals surface area contributed by atoms with Crippen molar-refractivity contribution in [2.24, 2.45) is 10.2 Å². The van der Waals surface area contributed by atoms with Gasteiger partial charge in [0.05, 0.1) is 35.3 Å². The van der Waals surface area contributed by atoms with Crippen LogP contribution < -0.4 is 5.46 Å². The molecule has 1 saturated heterocycles. The Morgan fingerprint density at radius 2 is 1.52 bits per heavy atom. The summed E-state index contributed by atoms with van der Waals surface area (Å²) in [7, 11) is 0.842. The number of carbonyl (C=O) groups is 1. The molecule has 0 saturated carbocycles. The number of nitrogens with zero attached hydrogens (tertiary/aromatic N) is 2. The second-order valence-electron chi connectivity index (χ2n) is 7.39. The van der Waals surface area contributed by atoms with Crippen LogP contribution in [0.2, 0.25) is 0 Å². The number of esters is 1. The normalized spacial score (nSPS) is 18.0. The topological polar surface area (TPSA) is 69.5 Å².